The van der Waals surface area contributed by atoms with Crippen molar-refractivity contribution in [1.29, 1.82) is 0 Å². The number of sulfonamides is 2. The summed E-state index contributed by atoms with van der Waals surface area (Å²) in [5, 5.41) is -14.3. The van der Waals surface area contributed by atoms with E-state index in [9.17, 15) is 60.7 Å². The second kappa shape index (κ2) is 4.16. The van der Waals surface area contributed by atoms with Gasteiger partial charge in [-0.2, -0.15) is 43.9 Å². The number of hydrogen-bond donors (Lipinski definition) is 1. The predicted octanol–water partition coefficient (Wildman–Crippen LogP) is 1.34. The second-order valence-corrected chi connectivity index (χ2v) is 7.55. The zero-order chi connectivity index (χ0) is 18.2. The Hall–Kier alpha value is -0.840. The molecule has 0 unspecified atom stereocenters. The van der Waals surface area contributed by atoms with Crippen LogP contribution in [0.15, 0.2) is 0 Å². The Morgan fingerprint density at radius 3 is 0.955 bits per heavy atom. The van der Waals surface area contributed by atoms with Crippen LogP contribution in [-0.2, 0) is 20.0 Å². The van der Waals surface area contributed by atoms with Gasteiger partial charge in [-0.1, -0.05) is 4.13 Å². The van der Waals surface area contributed by atoms with Gasteiger partial charge < -0.3 is 0 Å². The van der Waals surface area contributed by atoms with E-state index in [1.165, 1.54) is 0 Å². The summed E-state index contributed by atoms with van der Waals surface area (Å²) in [6.45, 7) is 0. The molecule has 0 aromatic carbocycles. The van der Waals surface area contributed by atoms with Gasteiger partial charge in [0.1, 0.15) is 0 Å². The molecule has 1 fully saturated rings. The van der Waals surface area contributed by atoms with E-state index >= 15 is 0 Å². The monoisotopic (exact) mass is 393 g/mol. The highest BCUT2D eigenvalue weighted by Crippen LogP contribution is 2.60. The molecule has 1 heterocycles. The topological polar surface area (TPSA) is 80.3 Å². The summed E-state index contributed by atoms with van der Waals surface area (Å²) < 4.78 is 171. The molecule has 0 radical (unpaired) electrons. The Labute approximate surface area is 114 Å². The highest BCUT2D eigenvalue weighted by Gasteiger charge is 2.93. The maximum atomic E-state index is 12.9. The smallest absolute Gasteiger partial charge is 0.205 e. The third-order valence-corrected chi connectivity index (χ3v) is 6.03. The fourth-order valence-corrected chi connectivity index (χ4v) is 4.07. The van der Waals surface area contributed by atoms with Crippen LogP contribution in [0, 0.1) is 0 Å². The molecule has 22 heavy (non-hydrogen) atoms. The van der Waals surface area contributed by atoms with Crippen LogP contribution in [0.1, 0.15) is 0 Å². The van der Waals surface area contributed by atoms with E-state index in [2.05, 4.69) is 0 Å². The van der Waals surface area contributed by atoms with Crippen LogP contribution in [-0.4, -0.2) is 45.1 Å². The number of hydrogen-bond acceptors (Lipinski definition) is 4. The Kier molecular flexibility index (Phi) is 3.64. The summed E-state index contributed by atoms with van der Waals surface area (Å²) in [6, 6.07) is 0. The van der Waals surface area contributed by atoms with Crippen molar-refractivity contribution in [2.75, 3.05) is 0 Å². The lowest BCUT2D eigenvalue weighted by molar-refractivity contribution is -0.376. The van der Waals surface area contributed by atoms with Gasteiger partial charge in [-0.25, -0.2) is 16.8 Å². The first-order valence-corrected chi connectivity index (χ1v) is 7.34. The van der Waals surface area contributed by atoms with Gasteiger partial charge in [-0.15, -0.1) is 0 Å². The Morgan fingerprint density at radius 1 is 0.500 bits per heavy atom. The molecule has 0 aliphatic carbocycles. The predicted molar refractivity (Wildman–Crippen MR) is 45.7 cm³/mol. The maximum Gasteiger partial charge on any atom is 0.428 e. The van der Waals surface area contributed by atoms with Crippen molar-refractivity contribution >= 4 is 20.0 Å². The van der Waals surface area contributed by atoms with E-state index in [0.717, 1.165) is 0 Å². The molecule has 1 aliphatic rings. The molecule has 5 nitrogen and oxygen atoms in total. The SMILES string of the molecule is O=S1(=O)NS(=O)(=O)C(F)(F)C(F)(F)C(F)(F)C(F)(F)C1(F)F. The summed E-state index contributed by atoms with van der Waals surface area (Å²) in [5.41, 5.74) is 0. The van der Waals surface area contributed by atoms with Crippen LogP contribution in [0.3, 0.4) is 0 Å². The first-order chi connectivity index (χ1) is 9.21. The van der Waals surface area contributed by atoms with E-state index < -0.39 is 52.5 Å². The van der Waals surface area contributed by atoms with Gasteiger partial charge in [0.05, 0.1) is 0 Å². The molecule has 0 amide bonds. The minimum absolute atomic E-state index is 0.785. The quantitative estimate of drug-likeness (QED) is 0.630. The lowest BCUT2D eigenvalue weighted by Gasteiger charge is -2.40. The summed E-state index contributed by atoms with van der Waals surface area (Å²) in [4.78, 5) is 0. The van der Waals surface area contributed by atoms with Crippen LogP contribution in [0.5, 0.6) is 0 Å². The Balaban J connectivity index is 4.00. The molecule has 17 heteroatoms. The molecule has 0 aromatic rings. The molecule has 132 valence electrons. The van der Waals surface area contributed by atoms with Crippen molar-refractivity contribution in [1.82, 2.24) is 4.13 Å². The maximum absolute atomic E-state index is 12.9. The Bertz CT molecular complexity index is 637. The van der Waals surface area contributed by atoms with Crippen LogP contribution >= 0.6 is 0 Å². The second-order valence-electron chi connectivity index (χ2n) is 3.85. The van der Waals surface area contributed by atoms with Crippen molar-refractivity contribution in [2.24, 2.45) is 0 Å². The number of halogens is 10. The first kappa shape index (κ1) is 19.2. The van der Waals surface area contributed by atoms with E-state index in [0.29, 0.717) is 0 Å². The van der Waals surface area contributed by atoms with Gasteiger partial charge in [0.25, 0.3) is 20.0 Å². The van der Waals surface area contributed by atoms with Crippen molar-refractivity contribution < 1.29 is 60.7 Å². The van der Waals surface area contributed by atoms with E-state index in [1.54, 1.807) is 0 Å². The summed E-state index contributed by atoms with van der Waals surface area (Å²) in [7, 11) is -14.9. The van der Waals surface area contributed by atoms with Crippen molar-refractivity contribution in [3.63, 3.8) is 0 Å². The average Bonchev–Trinajstić information content (AvgIpc) is 2.24. The summed E-state index contributed by atoms with van der Waals surface area (Å²) in [5.74, 6) is -22.9. The summed E-state index contributed by atoms with van der Waals surface area (Å²) >= 11 is 0. The molecule has 1 N–H and O–H groups in total. The molecule has 0 saturated carbocycles. The number of rotatable bonds is 0. The normalized spacial score (nSPS) is 33.4. The Morgan fingerprint density at radius 2 is 0.727 bits per heavy atom. The molecule has 0 atom stereocenters. The molecule has 0 spiro atoms. The van der Waals surface area contributed by atoms with Gasteiger partial charge >= 0.3 is 28.3 Å². The minimum atomic E-state index is -7.74. The fraction of sp³-hybridized carbons (Fsp3) is 1.00. The van der Waals surface area contributed by atoms with Gasteiger partial charge in [-0.3, -0.25) is 0 Å². The molecule has 1 rings (SSSR count). The van der Waals surface area contributed by atoms with Crippen LogP contribution < -0.4 is 4.13 Å². The van der Waals surface area contributed by atoms with E-state index in [1.807, 2.05) is 0 Å². The molecular formula is C5HF10NO4S2. The number of nitrogens with one attached hydrogen (secondary N) is 1. The van der Waals surface area contributed by atoms with Gasteiger partial charge in [0.15, 0.2) is 0 Å². The lowest BCUT2D eigenvalue weighted by Crippen LogP contribution is -2.74. The molecule has 1 saturated heterocycles. The molecule has 1 aliphatic heterocycles. The minimum Gasteiger partial charge on any atom is -0.205 e. The van der Waals surface area contributed by atoms with Gasteiger partial charge in [0.2, 0.25) is 0 Å². The zero-order valence-corrected chi connectivity index (χ0v) is 10.9. The van der Waals surface area contributed by atoms with E-state index in [4.69, 9.17) is 0 Å². The molecular weight excluding hydrogens is 392 g/mol. The van der Waals surface area contributed by atoms with Crippen molar-refractivity contribution in [3.8, 4) is 0 Å². The van der Waals surface area contributed by atoms with Crippen LogP contribution in [0.25, 0.3) is 0 Å². The highest BCUT2D eigenvalue weighted by atomic mass is 32.3. The molecule has 0 aromatic heterocycles. The summed E-state index contributed by atoms with van der Waals surface area (Å²) in [6.07, 6.45) is 0. The largest absolute Gasteiger partial charge is 0.428 e. The van der Waals surface area contributed by atoms with Crippen LogP contribution in [0.4, 0.5) is 43.9 Å². The zero-order valence-electron chi connectivity index (χ0n) is 9.23. The molecule has 0 bridgehead atoms. The van der Waals surface area contributed by atoms with Gasteiger partial charge in [0, 0.05) is 0 Å². The highest BCUT2D eigenvalue weighted by molar-refractivity contribution is 8.05. The van der Waals surface area contributed by atoms with Crippen molar-refractivity contribution in [2.45, 2.75) is 28.3 Å². The first-order valence-electron chi connectivity index (χ1n) is 4.37. The van der Waals surface area contributed by atoms with Gasteiger partial charge in [-0.05, 0) is 0 Å². The number of alkyl halides is 10. The van der Waals surface area contributed by atoms with Crippen LogP contribution in [0.2, 0.25) is 0 Å². The lowest BCUT2D eigenvalue weighted by atomic mass is 10.0. The van der Waals surface area contributed by atoms with Crippen molar-refractivity contribution in [3.05, 3.63) is 0 Å². The third kappa shape index (κ3) is 1.81. The average molecular weight is 393 g/mol. The fourth-order valence-electron chi connectivity index (χ4n) is 1.15. The van der Waals surface area contributed by atoms with E-state index in [-0.39, 0.29) is 0 Å². The standard InChI is InChI=1S/C5HF10NO4S2/c6-1(7)2(8,9)4(12,13)21(17,18)16-22(19,20)5(14,15)3(1,10)11/h16H. The third-order valence-electron chi connectivity index (χ3n) is 2.41.